The molecule has 0 radical (unpaired) electrons. The Balaban J connectivity index is 1.09. The third-order valence-electron chi connectivity index (χ3n) is 9.39. The van der Waals surface area contributed by atoms with Gasteiger partial charge in [0.25, 0.3) is 23.6 Å². The van der Waals surface area contributed by atoms with E-state index in [1.54, 1.807) is 54.7 Å². The van der Waals surface area contributed by atoms with Gasteiger partial charge in [-0.3, -0.25) is 19.2 Å². The Hall–Kier alpha value is -4.31. The molecule has 1 aromatic heterocycles. The van der Waals surface area contributed by atoms with Gasteiger partial charge < -0.3 is 34.7 Å². The predicted octanol–water partition coefficient (Wildman–Crippen LogP) is 1.53. The summed E-state index contributed by atoms with van der Waals surface area (Å²) in [6.45, 7) is 1.47. The lowest BCUT2D eigenvalue weighted by molar-refractivity contribution is -0.134. The van der Waals surface area contributed by atoms with Crippen molar-refractivity contribution >= 4 is 35.0 Å². The normalized spacial score (nSPS) is 26.6. The fraction of sp³-hybridized carbons (Fsp3) is 0.457. The Kier molecular flexibility index (Phi) is 9.67. The van der Waals surface area contributed by atoms with Crippen molar-refractivity contribution in [3.8, 4) is 22.8 Å². The van der Waals surface area contributed by atoms with Crippen LogP contribution in [0.2, 0.25) is 0 Å². The highest BCUT2D eigenvalue weighted by Gasteiger charge is 2.40. The number of oxazole rings is 1. The molecule has 4 fully saturated rings. The van der Waals surface area contributed by atoms with Crippen LogP contribution < -0.4 is 20.4 Å². The third kappa shape index (κ3) is 6.93. The number of ether oxygens (including phenoxy) is 2. The zero-order valence-corrected chi connectivity index (χ0v) is 26.8. The monoisotopic (exact) mass is 673 g/mol. The number of hydrogen-bond acceptors (Lipinski definition) is 12. The second-order valence-corrected chi connectivity index (χ2v) is 12.9. The molecule has 0 bridgehead atoms. The van der Waals surface area contributed by atoms with E-state index in [-0.39, 0.29) is 25.9 Å². The molecule has 4 aliphatic rings. The summed E-state index contributed by atoms with van der Waals surface area (Å²) in [4.78, 5) is 60.5. The number of nitrogens with one attached hydrogen (secondary N) is 2. The largest absolute Gasteiger partial charge is 0.436 e. The Bertz CT molecular complexity index is 1560. The third-order valence-corrected chi connectivity index (χ3v) is 9.39. The standard InChI is InChI=1S/C35H39N5O9/c41-24-15-26(36-17-24)32(43)39(34(45)28-3-1-13-47-28)22-9-5-20(6-10-22)30-19-38-31(49-30)21-7-11-23(12-8-21)40(35(46)29-4-2-14-48-29)33(44)27-16-25(42)18-37-27/h5-12,19,24-29,36-37,41-42H,1-4,13-18H2/t24-,25-,26?,27+,28-,29-/m1/s1. The SMILES string of the molecule is O=C(C1C[C@@H](O)CN1)N(C(=O)[C@H]1CCCO1)c1ccc(-c2cnc(-c3ccc(N(C(=O)[C@@H]4C[C@@H](O)CN4)C(=O)[C@H]4CCCO4)cc3)o2)cc1. The molecule has 5 heterocycles. The number of carbonyl (C=O) groups is 4. The number of carbonyl (C=O) groups excluding carboxylic acids is 4. The summed E-state index contributed by atoms with van der Waals surface area (Å²) in [6.07, 6.45) is 1.81. The first-order valence-corrected chi connectivity index (χ1v) is 16.7. The number of hydrogen-bond donors (Lipinski definition) is 4. The molecule has 0 spiro atoms. The number of amides is 4. The van der Waals surface area contributed by atoms with Gasteiger partial charge in [-0.05, 0) is 87.1 Å². The maximum Gasteiger partial charge on any atom is 0.262 e. The van der Waals surface area contributed by atoms with Gasteiger partial charge in [0.1, 0.15) is 12.2 Å². The smallest absolute Gasteiger partial charge is 0.262 e. The Morgan fingerprint density at radius 1 is 0.673 bits per heavy atom. The first-order chi connectivity index (χ1) is 23.8. The van der Waals surface area contributed by atoms with Crippen molar-refractivity contribution in [1.29, 1.82) is 0 Å². The van der Waals surface area contributed by atoms with Crippen molar-refractivity contribution < 1.29 is 43.3 Å². The Labute approximate surface area is 282 Å². The van der Waals surface area contributed by atoms with Crippen LogP contribution in [0, 0.1) is 0 Å². The van der Waals surface area contributed by atoms with E-state index in [4.69, 9.17) is 13.9 Å². The van der Waals surface area contributed by atoms with Gasteiger partial charge in [0, 0.05) is 37.4 Å². The van der Waals surface area contributed by atoms with Crippen molar-refractivity contribution in [2.24, 2.45) is 0 Å². The van der Waals surface area contributed by atoms with Crippen molar-refractivity contribution in [3.05, 3.63) is 54.7 Å². The van der Waals surface area contributed by atoms with Gasteiger partial charge in [-0.1, -0.05) is 0 Å². The summed E-state index contributed by atoms with van der Waals surface area (Å²) in [6, 6.07) is 12.1. The lowest BCUT2D eigenvalue weighted by Crippen LogP contribution is -2.50. The highest BCUT2D eigenvalue weighted by molar-refractivity contribution is 6.19. The van der Waals surface area contributed by atoms with Crippen LogP contribution in [0.25, 0.3) is 22.8 Å². The molecule has 4 saturated heterocycles. The Morgan fingerprint density at radius 3 is 1.55 bits per heavy atom. The van der Waals surface area contributed by atoms with E-state index in [1.165, 1.54) is 0 Å². The number of benzene rings is 2. The van der Waals surface area contributed by atoms with Crippen LogP contribution in [-0.4, -0.2) is 102 Å². The van der Waals surface area contributed by atoms with Gasteiger partial charge in [0.2, 0.25) is 5.89 Å². The minimum atomic E-state index is -0.706. The number of aliphatic hydroxyl groups is 2. The molecule has 0 saturated carbocycles. The first kappa shape index (κ1) is 33.2. The molecule has 7 rings (SSSR count). The molecule has 3 aromatic rings. The Morgan fingerprint density at radius 2 is 1.14 bits per heavy atom. The number of aliphatic hydroxyl groups excluding tert-OH is 2. The zero-order valence-electron chi connectivity index (χ0n) is 26.8. The average Bonchev–Trinajstić information content (AvgIpc) is 3.96. The fourth-order valence-corrected chi connectivity index (χ4v) is 6.75. The molecule has 2 aromatic carbocycles. The van der Waals surface area contributed by atoms with Gasteiger partial charge in [-0.25, -0.2) is 14.8 Å². The summed E-state index contributed by atoms with van der Waals surface area (Å²) in [7, 11) is 0. The van der Waals surface area contributed by atoms with E-state index in [2.05, 4.69) is 15.6 Å². The van der Waals surface area contributed by atoms with Crippen molar-refractivity contribution in [1.82, 2.24) is 15.6 Å². The highest BCUT2D eigenvalue weighted by Crippen LogP contribution is 2.31. The van der Waals surface area contributed by atoms with Crippen LogP contribution in [0.3, 0.4) is 0 Å². The van der Waals surface area contributed by atoms with Gasteiger partial charge in [0.05, 0.1) is 41.9 Å². The van der Waals surface area contributed by atoms with E-state index < -0.39 is 60.1 Å². The van der Waals surface area contributed by atoms with Gasteiger partial charge in [0.15, 0.2) is 5.76 Å². The maximum atomic E-state index is 13.5. The highest BCUT2D eigenvalue weighted by atomic mass is 16.5. The van der Waals surface area contributed by atoms with Crippen LogP contribution in [0.5, 0.6) is 0 Å². The second kappa shape index (κ2) is 14.3. The van der Waals surface area contributed by atoms with Crippen LogP contribution in [0.15, 0.2) is 59.1 Å². The number of rotatable bonds is 8. The van der Waals surface area contributed by atoms with Crippen LogP contribution >= 0.6 is 0 Å². The summed E-state index contributed by atoms with van der Waals surface area (Å²) in [5, 5.41) is 25.9. The minimum Gasteiger partial charge on any atom is -0.436 e. The average molecular weight is 674 g/mol. The van der Waals surface area contributed by atoms with E-state index in [9.17, 15) is 29.4 Å². The molecule has 49 heavy (non-hydrogen) atoms. The molecule has 14 nitrogen and oxygen atoms in total. The summed E-state index contributed by atoms with van der Waals surface area (Å²) in [5.41, 5.74) is 2.03. The number of imide groups is 2. The van der Waals surface area contributed by atoms with Crippen molar-refractivity contribution in [3.63, 3.8) is 0 Å². The molecule has 4 amide bonds. The maximum absolute atomic E-state index is 13.5. The van der Waals surface area contributed by atoms with Gasteiger partial charge in [-0.2, -0.15) is 0 Å². The quantitative estimate of drug-likeness (QED) is 0.254. The number of nitrogens with zero attached hydrogens (tertiary/aromatic N) is 3. The molecule has 6 atom stereocenters. The lowest BCUT2D eigenvalue weighted by atomic mass is 10.1. The minimum absolute atomic E-state index is 0.216. The van der Waals surface area contributed by atoms with Crippen molar-refractivity contribution in [2.75, 3.05) is 36.1 Å². The van der Waals surface area contributed by atoms with E-state index in [0.29, 0.717) is 60.2 Å². The van der Waals surface area contributed by atoms with E-state index in [1.807, 2.05) is 0 Å². The fourth-order valence-electron chi connectivity index (χ4n) is 6.75. The van der Waals surface area contributed by atoms with Gasteiger partial charge >= 0.3 is 0 Å². The van der Waals surface area contributed by atoms with E-state index >= 15 is 0 Å². The van der Waals surface area contributed by atoms with Crippen LogP contribution in [-0.2, 0) is 28.7 Å². The molecule has 0 aliphatic carbocycles. The number of β-amino-alcohol motifs (C(OH)–C–C–N with tert-alkyl or cyclic N) is 2. The number of aromatic nitrogens is 1. The van der Waals surface area contributed by atoms with Crippen molar-refractivity contribution in [2.45, 2.75) is 75.0 Å². The molecule has 4 N–H and O–H groups in total. The van der Waals surface area contributed by atoms with Crippen LogP contribution in [0.4, 0.5) is 11.4 Å². The molecule has 258 valence electrons. The number of anilines is 2. The summed E-state index contributed by atoms with van der Waals surface area (Å²) < 4.78 is 17.3. The second-order valence-electron chi connectivity index (χ2n) is 12.9. The molecular weight excluding hydrogens is 634 g/mol. The molecule has 14 heteroatoms. The van der Waals surface area contributed by atoms with E-state index in [0.717, 1.165) is 22.6 Å². The van der Waals surface area contributed by atoms with Crippen LogP contribution in [0.1, 0.15) is 38.5 Å². The van der Waals surface area contributed by atoms with Gasteiger partial charge in [-0.15, -0.1) is 0 Å². The summed E-state index contributed by atoms with van der Waals surface area (Å²) in [5.74, 6) is -0.989. The lowest BCUT2D eigenvalue weighted by Gasteiger charge is -2.26. The molecule has 1 unspecified atom stereocenters. The zero-order chi connectivity index (χ0) is 34.1. The first-order valence-electron chi connectivity index (χ1n) is 16.7. The molecular formula is C35H39N5O9. The topological polar surface area (TPSA) is 184 Å². The molecule has 4 aliphatic heterocycles. The predicted molar refractivity (Wildman–Crippen MR) is 175 cm³/mol. The summed E-state index contributed by atoms with van der Waals surface area (Å²) >= 11 is 0.